The number of allylic oxidation sites excluding steroid dienone is 2. The van der Waals surface area contributed by atoms with Gasteiger partial charge in [0.2, 0.25) is 11.2 Å². The standard InChI is InChI=1S/C33H38N10O2/c1-20-13-21(16-34-20)17-41-11-9-24(10-12-41)35-31-39-30(37-28-15-26(45)19-43(28)31)40-32-38-29(36-27-14-25(44)18-42(27)32)22-5-7-23(8-6-22)33(2,3)4/h5-8,14-16,24,44-45H,9-13,17-19H2,1-4H3. The molecule has 4 aliphatic heterocycles. The van der Waals surface area contributed by atoms with Crippen LogP contribution in [0.2, 0.25) is 0 Å². The van der Waals surface area contributed by atoms with E-state index in [0.29, 0.717) is 28.7 Å². The molecule has 0 spiro atoms. The van der Waals surface area contributed by atoms with Gasteiger partial charge in [-0.1, -0.05) is 45.0 Å². The third kappa shape index (κ3) is 6.15. The number of benzene rings is 1. The van der Waals surface area contributed by atoms with Crippen LogP contribution in [0.25, 0.3) is 23.5 Å². The Balaban J connectivity index is 1.21. The van der Waals surface area contributed by atoms with Crippen molar-refractivity contribution >= 4 is 23.8 Å². The molecule has 12 heteroatoms. The van der Waals surface area contributed by atoms with Crippen molar-refractivity contribution in [1.29, 1.82) is 0 Å². The van der Waals surface area contributed by atoms with Gasteiger partial charge in [-0.25, -0.2) is 9.98 Å². The molecule has 0 aliphatic carbocycles. The summed E-state index contributed by atoms with van der Waals surface area (Å²) < 4.78 is 3.55. The van der Waals surface area contributed by atoms with Crippen LogP contribution in [-0.4, -0.2) is 75.6 Å². The third-order valence-corrected chi connectivity index (χ3v) is 8.55. The average molecular weight is 607 g/mol. The molecule has 2 N–H and O–H groups in total. The molecule has 2 aromatic heterocycles. The first-order valence-electron chi connectivity index (χ1n) is 15.5. The minimum Gasteiger partial charge on any atom is -0.510 e. The summed E-state index contributed by atoms with van der Waals surface area (Å²) in [6, 6.07) is 8.28. The lowest BCUT2D eigenvalue weighted by Gasteiger charge is -2.30. The van der Waals surface area contributed by atoms with Crippen molar-refractivity contribution in [3.05, 3.63) is 76.0 Å². The molecule has 0 atom stereocenters. The van der Waals surface area contributed by atoms with Crippen molar-refractivity contribution in [3.8, 4) is 11.4 Å². The van der Waals surface area contributed by atoms with E-state index in [2.05, 4.69) is 54.7 Å². The third-order valence-electron chi connectivity index (χ3n) is 8.55. The molecule has 0 saturated carbocycles. The fraction of sp³-hybridized carbons (Fsp3) is 0.424. The highest BCUT2D eigenvalue weighted by Gasteiger charge is 2.23. The molecule has 4 aliphatic rings. The van der Waals surface area contributed by atoms with Crippen molar-refractivity contribution < 1.29 is 10.2 Å². The zero-order valence-electron chi connectivity index (χ0n) is 26.1. The van der Waals surface area contributed by atoms with E-state index in [1.165, 1.54) is 16.8 Å². The topological polar surface area (TPSA) is 142 Å². The van der Waals surface area contributed by atoms with Crippen LogP contribution in [0.4, 0.5) is 5.95 Å². The summed E-state index contributed by atoms with van der Waals surface area (Å²) in [6.45, 7) is 11.9. The van der Waals surface area contributed by atoms with Gasteiger partial charge < -0.3 is 10.2 Å². The number of rotatable bonds is 5. The summed E-state index contributed by atoms with van der Waals surface area (Å²) in [4.78, 5) is 35.5. The molecule has 12 nitrogen and oxygen atoms in total. The number of hydrogen-bond acceptors (Lipinski definition) is 10. The molecule has 1 fully saturated rings. The average Bonchev–Trinajstić information content (AvgIpc) is 3.70. The van der Waals surface area contributed by atoms with E-state index in [-0.39, 0.29) is 42.0 Å². The normalized spacial score (nSPS) is 19.4. The van der Waals surface area contributed by atoms with E-state index >= 15 is 0 Å². The lowest BCUT2D eigenvalue weighted by molar-refractivity contribution is 0.227. The monoisotopic (exact) mass is 606 g/mol. The smallest absolute Gasteiger partial charge is 0.257 e. The molecule has 232 valence electrons. The van der Waals surface area contributed by atoms with E-state index in [9.17, 15) is 10.2 Å². The number of nitrogens with zero attached hydrogens (tertiary/aromatic N) is 10. The molecule has 0 bridgehead atoms. The minimum atomic E-state index is 0.0235. The highest BCUT2D eigenvalue weighted by Crippen LogP contribution is 2.25. The zero-order chi connectivity index (χ0) is 31.3. The second-order valence-corrected chi connectivity index (χ2v) is 13.2. The van der Waals surface area contributed by atoms with Crippen molar-refractivity contribution in [2.45, 2.75) is 71.5 Å². The van der Waals surface area contributed by atoms with Crippen molar-refractivity contribution in [3.63, 3.8) is 0 Å². The first-order chi connectivity index (χ1) is 21.6. The van der Waals surface area contributed by atoms with Gasteiger partial charge in [-0.15, -0.1) is 0 Å². The predicted molar refractivity (Wildman–Crippen MR) is 171 cm³/mol. The Morgan fingerprint density at radius 2 is 1.53 bits per heavy atom. The number of piperidine rings is 1. The molecule has 0 amide bonds. The summed E-state index contributed by atoms with van der Waals surface area (Å²) in [5, 5.41) is 20.7. The highest BCUT2D eigenvalue weighted by molar-refractivity contribution is 5.86. The van der Waals surface area contributed by atoms with E-state index in [0.717, 1.165) is 44.5 Å². The van der Waals surface area contributed by atoms with Crippen LogP contribution in [0.1, 0.15) is 64.2 Å². The van der Waals surface area contributed by atoms with Crippen LogP contribution in [0.5, 0.6) is 0 Å². The van der Waals surface area contributed by atoms with Crippen molar-refractivity contribution in [1.82, 2.24) is 34.0 Å². The summed E-state index contributed by atoms with van der Waals surface area (Å²) in [7, 11) is 0. The second-order valence-electron chi connectivity index (χ2n) is 13.2. The SMILES string of the molecule is CC1=NC=C(CN2CCC(N=c3nc(N=c4nc(-c5ccc(C(C)(C)C)cc5)nc5n4CC(O)=C5)nc4n3CC(O)=C4)CC2)C1. The Morgan fingerprint density at radius 1 is 0.867 bits per heavy atom. The number of hydrogen-bond donors (Lipinski definition) is 2. The highest BCUT2D eigenvalue weighted by atomic mass is 16.3. The summed E-state index contributed by atoms with van der Waals surface area (Å²) in [6.07, 6.45) is 8.04. The molecule has 7 rings (SSSR count). The Morgan fingerprint density at radius 3 is 2.18 bits per heavy atom. The molecule has 0 radical (unpaired) electrons. The molecule has 1 aromatic carbocycles. The van der Waals surface area contributed by atoms with Gasteiger partial charge >= 0.3 is 0 Å². The predicted octanol–water partition coefficient (Wildman–Crippen LogP) is 4.01. The molecular weight excluding hydrogens is 568 g/mol. The second kappa shape index (κ2) is 11.3. The lowest BCUT2D eigenvalue weighted by atomic mass is 9.87. The largest absolute Gasteiger partial charge is 0.510 e. The van der Waals surface area contributed by atoms with E-state index in [4.69, 9.17) is 24.9 Å². The van der Waals surface area contributed by atoms with Gasteiger partial charge in [0.15, 0.2) is 5.82 Å². The maximum atomic E-state index is 10.4. The van der Waals surface area contributed by atoms with Gasteiger partial charge in [0.25, 0.3) is 5.95 Å². The maximum absolute atomic E-state index is 10.4. The summed E-state index contributed by atoms with van der Waals surface area (Å²) in [5.74, 6) is 2.13. The Hall–Kier alpha value is -4.71. The summed E-state index contributed by atoms with van der Waals surface area (Å²) in [5.41, 5.74) is 5.42. The number of aliphatic imine (C=N–C) groups is 1. The van der Waals surface area contributed by atoms with Crippen molar-refractivity contribution in [2.75, 3.05) is 19.6 Å². The molecule has 6 heterocycles. The van der Waals surface area contributed by atoms with E-state index < -0.39 is 0 Å². The van der Waals surface area contributed by atoms with Crippen LogP contribution >= 0.6 is 0 Å². The number of aliphatic hydroxyl groups is 2. The Labute approximate surface area is 261 Å². The quantitative estimate of drug-likeness (QED) is 0.447. The van der Waals surface area contributed by atoms with Crippen LogP contribution in [0.3, 0.4) is 0 Å². The molecule has 1 saturated heterocycles. The van der Waals surface area contributed by atoms with Crippen molar-refractivity contribution in [2.24, 2.45) is 15.0 Å². The fourth-order valence-corrected chi connectivity index (χ4v) is 6.08. The molecular formula is C33H38N10O2. The minimum absolute atomic E-state index is 0.0235. The van der Waals surface area contributed by atoms with Gasteiger partial charge in [0.1, 0.15) is 23.2 Å². The summed E-state index contributed by atoms with van der Waals surface area (Å²) >= 11 is 0. The van der Waals surface area contributed by atoms with Crippen LogP contribution in [0, 0.1) is 0 Å². The van der Waals surface area contributed by atoms with Crippen LogP contribution in [-0.2, 0) is 18.5 Å². The first kappa shape index (κ1) is 29.0. The van der Waals surface area contributed by atoms with Crippen LogP contribution < -0.4 is 11.2 Å². The zero-order valence-corrected chi connectivity index (χ0v) is 26.1. The van der Waals surface area contributed by atoms with E-state index in [1.807, 2.05) is 22.9 Å². The van der Waals surface area contributed by atoms with E-state index in [1.54, 1.807) is 16.7 Å². The first-order valence-corrected chi connectivity index (χ1v) is 15.5. The molecule has 0 unspecified atom stereocenters. The van der Waals surface area contributed by atoms with Gasteiger partial charge in [0.05, 0.1) is 19.1 Å². The Kier molecular flexibility index (Phi) is 7.31. The maximum Gasteiger partial charge on any atom is 0.257 e. The number of likely N-dealkylation sites (tertiary alicyclic amines) is 1. The van der Waals surface area contributed by atoms with Gasteiger partial charge in [-0.2, -0.15) is 19.9 Å². The van der Waals surface area contributed by atoms with Crippen LogP contribution in [0.15, 0.2) is 62.5 Å². The number of fused-ring (bicyclic) bond motifs is 2. The van der Waals surface area contributed by atoms with Gasteiger partial charge in [-0.3, -0.25) is 19.0 Å². The lowest BCUT2D eigenvalue weighted by Crippen LogP contribution is -2.38. The molecule has 3 aromatic rings. The number of aromatic nitrogens is 6. The van der Waals surface area contributed by atoms with Gasteiger partial charge in [0, 0.05) is 55.7 Å². The fourth-order valence-electron chi connectivity index (χ4n) is 6.08. The Bertz CT molecular complexity index is 1930. The number of aliphatic hydroxyl groups excluding tert-OH is 2. The van der Waals surface area contributed by atoms with Gasteiger partial charge in [-0.05, 0) is 36.3 Å². The molecule has 45 heavy (non-hydrogen) atoms.